The summed E-state index contributed by atoms with van der Waals surface area (Å²) in [5.74, 6) is 1.93. The van der Waals surface area contributed by atoms with Gasteiger partial charge in [0.1, 0.15) is 11.6 Å². The molecule has 1 saturated heterocycles. The van der Waals surface area contributed by atoms with Gasteiger partial charge in [-0.15, -0.1) is 0 Å². The number of rotatable bonds is 8. The molecule has 1 fully saturated rings. The summed E-state index contributed by atoms with van der Waals surface area (Å²) >= 11 is 0. The molecule has 2 amide bonds. The Bertz CT molecular complexity index is 1520. The average molecular weight is 558 g/mol. The van der Waals surface area contributed by atoms with E-state index < -0.39 is 0 Å². The van der Waals surface area contributed by atoms with Crippen molar-refractivity contribution < 1.29 is 24.2 Å². The summed E-state index contributed by atoms with van der Waals surface area (Å²) in [4.78, 5) is 31.7. The Morgan fingerprint density at radius 3 is 2.51 bits per heavy atom. The van der Waals surface area contributed by atoms with Crippen molar-refractivity contribution >= 4 is 28.7 Å². The summed E-state index contributed by atoms with van der Waals surface area (Å²) in [6.45, 7) is 4.46. The van der Waals surface area contributed by atoms with E-state index in [1.165, 1.54) is 17.2 Å². The monoisotopic (exact) mass is 557 g/mol. The van der Waals surface area contributed by atoms with E-state index in [1.54, 1.807) is 43.7 Å². The van der Waals surface area contributed by atoms with Crippen LogP contribution in [-0.4, -0.2) is 71.4 Å². The number of β-amino-alcohol motifs (C(OH)–C–C–N with tert-alkyl or cyclic N) is 1. The number of nitrogens with zero attached hydrogens (tertiary/aromatic N) is 3. The number of fused-ring (bicyclic) bond motifs is 1. The third kappa shape index (κ3) is 6.50. The van der Waals surface area contributed by atoms with E-state index in [1.807, 2.05) is 37.3 Å². The van der Waals surface area contributed by atoms with Gasteiger partial charge >= 0.3 is 6.03 Å². The fourth-order valence-corrected chi connectivity index (χ4v) is 5.27. The second-order valence-corrected chi connectivity index (χ2v) is 10.3. The Kier molecular flexibility index (Phi) is 8.51. The van der Waals surface area contributed by atoms with Gasteiger partial charge in [0.05, 0.1) is 18.7 Å². The van der Waals surface area contributed by atoms with Gasteiger partial charge in [0, 0.05) is 49.1 Å². The number of nitrogens with one attached hydrogen (secondary N) is 2. The highest BCUT2D eigenvalue weighted by Crippen LogP contribution is 2.36. The quantitative estimate of drug-likeness (QED) is 0.284. The summed E-state index contributed by atoms with van der Waals surface area (Å²) in [7, 11) is 3.11. The zero-order valence-corrected chi connectivity index (χ0v) is 23.5. The van der Waals surface area contributed by atoms with Crippen molar-refractivity contribution in [1.82, 2.24) is 19.8 Å². The molecular formula is C31H35N5O5. The standard InChI is InChI=1S/C31H35N5O5/c1-20(37)19-35-13-9-22(10-14-35)21-4-6-23(7-5-21)30(38)34-29-17-25(8-12-33-29)41-28-16-24-11-15-36(31(39)32-2)26(24)18-27(28)40-3/h4-8,11-12,15-18,20,22,37H,9-10,13-14,19H2,1-3H3,(H,32,39)(H,33,34,38)/t20-/m0/s1. The fourth-order valence-electron chi connectivity index (χ4n) is 5.27. The smallest absolute Gasteiger partial charge is 0.325 e. The summed E-state index contributed by atoms with van der Waals surface area (Å²) in [5, 5.41) is 15.9. The van der Waals surface area contributed by atoms with Gasteiger partial charge < -0.3 is 30.1 Å². The molecule has 0 spiro atoms. The number of benzene rings is 2. The molecule has 1 aliphatic rings. The number of amides is 2. The van der Waals surface area contributed by atoms with Crippen molar-refractivity contribution in [2.45, 2.75) is 31.8 Å². The predicted octanol–water partition coefficient (Wildman–Crippen LogP) is 4.84. The Labute approximate surface area is 238 Å². The number of carbonyl (C=O) groups excluding carboxylic acids is 2. The number of carbonyl (C=O) groups is 2. The van der Waals surface area contributed by atoms with Crippen molar-refractivity contribution in [3.8, 4) is 17.2 Å². The minimum absolute atomic E-state index is 0.255. The summed E-state index contributed by atoms with van der Waals surface area (Å²) in [5.41, 5.74) is 2.45. The van der Waals surface area contributed by atoms with Gasteiger partial charge in [-0.2, -0.15) is 0 Å². The lowest BCUT2D eigenvalue weighted by atomic mass is 9.89. The molecule has 0 bridgehead atoms. The van der Waals surface area contributed by atoms with E-state index in [0.29, 0.717) is 46.6 Å². The van der Waals surface area contributed by atoms with Crippen molar-refractivity contribution in [1.29, 1.82) is 0 Å². The van der Waals surface area contributed by atoms with Crippen LogP contribution >= 0.6 is 0 Å². The molecule has 2 aromatic heterocycles. The first-order valence-electron chi connectivity index (χ1n) is 13.7. The highest BCUT2D eigenvalue weighted by Gasteiger charge is 2.22. The van der Waals surface area contributed by atoms with Crippen LogP contribution in [0.3, 0.4) is 0 Å². The number of pyridine rings is 1. The molecular weight excluding hydrogens is 522 g/mol. The van der Waals surface area contributed by atoms with Crippen LogP contribution < -0.4 is 20.1 Å². The third-order valence-electron chi connectivity index (χ3n) is 7.36. The number of hydrogen-bond donors (Lipinski definition) is 3. The van der Waals surface area contributed by atoms with E-state index in [9.17, 15) is 14.7 Å². The van der Waals surface area contributed by atoms with Gasteiger partial charge in [0.2, 0.25) is 0 Å². The molecule has 0 aliphatic carbocycles. The molecule has 3 N–H and O–H groups in total. The van der Waals surface area contributed by atoms with Crippen LogP contribution in [0.4, 0.5) is 10.6 Å². The van der Waals surface area contributed by atoms with Crippen LogP contribution in [0.25, 0.3) is 10.9 Å². The maximum atomic E-state index is 13.0. The van der Waals surface area contributed by atoms with E-state index in [2.05, 4.69) is 20.5 Å². The number of ether oxygens (including phenoxy) is 2. The van der Waals surface area contributed by atoms with Crippen LogP contribution in [-0.2, 0) is 0 Å². The first-order chi connectivity index (χ1) is 19.8. The van der Waals surface area contributed by atoms with Gasteiger partial charge in [-0.05, 0) is 74.7 Å². The Hall–Kier alpha value is -4.41. The van der Waals surface area contributed by atoms with Gasteiger partial charge in [-0.1, -0.05) is 12.1 Å². The van der Waals surface area contributed by atoms with E-state index in [0.717, 1.165) is 31.3 Å². The minimum Gasteiger partial charge on any atom is -0.493 e. The minimum atomic E-state index is -0.312. The molecule has 0 radical (unpaired) electrons. The Balaban J connectivity index is 1.24. The molecule has 2 aromatic carbocycles. The first kappa shape index (κ1) is 28.1. The van der Waals surface area contributed by atoms with Crippen LogP contribution in [0.1, 0.15) is 41.6 Å². The number of likely N-dealkylation sites (tertiary alicyclic amines) is 1. The number of anilines is 1. The molecule has 4 aromatic rings. The lowest BCUT2D eigenvalue weighted by Gasteiger charge is -2.32. The van der Waals surface area contributed by atoms with Crippen LogP contribution in [0.2, 0.25) is 0 Å². The number of methoxy groups -OCH3 is 1. The molecule has 1 atom stereocenters. The average Bonchev–Trinajstić information content (AvgIpc) is 3.39. The molecule has 10 nitrogen and oxygen atoms in total. The second-order valence-electron chi connectivity index (χ2n) is 10.3. The number of hydrogen-bond acceptors (Lipinski definition) is 7. The molecule has 5 rings (SSSR count). The Morgan fingerprint density at radius 2 is 1.83 bits per heavy atom. The molecule has 3 heterocycles. The fraction of sp³-hybridized carbons (Fsp3) is 0.323. The van der Waals surface area contributed by atoms with Gasteiger partial charge in [-0.3, -0.25) is 9.36 Å². The Morgan fingerprint density at radius 1 is 1.07 bits per heavy atom. The first-order valence-corrected chi connectivity index (χ1v) is 13.7. The molecule has 0 unspecified atom stereocenters. The molecule has 10 heteroatoms. The number of aromatic nitrogens is 2. The maximum absolute atomic E-state index is 13.0. The van der Waals surface area contributed by atoms with Crippen LogP contribution in [0.5, 0.6) is 17.2 Å². The van der Waals surface area contributed by atoms with Gasteiger partial charge in [0.15, 0.2) is 11.5 Å². The van der Waals surface area contributed by atoms with Crippen molar-refractivity contribution in [2.24, 2.45) is 0 Å². The van der Waals surface area contributed by atoms with E-state index in [4.69, 9.17) is 9.47 Å². The SMILES string of the molecule is CNC(=O)n1ccc2cc(Oc3ccnc(NC(=O)c4ccc(C5CCN(C[C@H](C)O)CC5)cc4)c3)c(OC)cc21. The highest BCUT2D eigenvalue weighted by molar-refractivity contribution is 6.03. The van der Waals surface area contributed by atoms with E-state index in [-0.39, 0.29) is 18.0 Å². The lowest BCUT2D eigenvalue weighted by Crippen LogP contribution is -2.37. The zero-order chi connectivity index (χ0) is 28.9. The van der Waals surface area contributed by atoms with Crippen molar-refractivity contribution in [3.05, 3.63) is 78.1 Å². The second kappa shape index (κ2) is 12.4. The summed E-state index contributed by atoms with van der Waals surface area (Å²) in [6.07, 6.45) is 5.00. The largest absolute Gasteiger partial charge is 0.493 e. The maximum Gasteiger partial charge on any atom is 0.325 e. The molecule has 41 heavy (non-hydrogen) atoms. The molecule has 1 aliphatic heterocycles. The number of aliphatic hydroxyl groups excluding tert-OH is 1. The highest BCUT2D eigenvalue weighted by atomic mass is 16.5. The lowest BCUT2D eigenvalue weighted by molar-refractivity contribution is 0.102. The van der Waals surface area contributed by atoms with Crippen molar-refractivity contribution in [3.63, 3.8) is 0 Å². The summed E-state index contributed by atoms with van der Waals surface area (Å²) in [6, 6.07) is 16.2. The van der Waals surface area contributed by atoms with E-state index >= 15 is 0 Å². The van der Waals surface area contributed by atoms with Crippen LogP contribution in [0.15, 0.2) is 67.0 Å². The topological polar surface area (TPSA) is 118 Å². The summed E-state index contributed by atoms with van der Waals surface area (Å²) < 4.78 is 13.1. The zero-order valence-electron chi connectivity index (χ0n) is 23.5. The normalized spacial score (nSPS) is 14.9. The van der Waals surface area contributed by atoms with Gasteiger partial charge in [-0.25, -0.2) is 9.78 Å². The number of aliphatic hydroxyl groups is 1. The van der Waals surface area contributed by atoms with Crippen LogP contribution in [0, 0.1) is 0 Å². The molecule has 0 saturated carbocycles. The predicted molar refractivity (Wildman–Crippen MR) is 157 cm³/mol. The molecule has 214 valence electrons. The van der Waals surface area contributed by atoms with Gasteiger partial charge in [0.25, 0.3) is 5.91 Å². The number of piperidine rings is 1. The third-order valence-corrected chi connectivity index (χ3v) is 7.36. The van der Waals surface area contributed by atoms with Crippen molar-refractivity contribution in [2.75, 3.05) is 39.1 Å².